The molecule has 0 radical (unpaired) electrons. The van der Waals surface area contributed by atoms with Crippen molar-refractivity contribution in [3.05, 3.63) is 88.9 Å². The summed E-state index contributed by atoms with van der Waals surface area (Å²) in [5.41, 5.74) is 6.21. The van der Waals surface area contributed by atoms with Crippen LogP contribution < -0.4 is 10.2 Å². The first kappa shape index (κ1) is 33.6. The van der Waals surface area contributed by atoms with E-state index in [1.165, 1.54) is 30.6 Å². The molecule has 3 fully saturated rings. The Bertz CT molecular complexity index is 2120. The van der Waals surface area contributed by atoms with Crippen LogP contribution in [-0.2, 0) is 24.2 Å². The molecule has 5 aromatic rings. The van der Waals surface area contributed by atoms with Crippen molar-refractivity contribution in [3.8, 4) is 11.1 Å². The summed E-state index contributed by atoms with van der Waals surface area (Å²) in [5.74, 6) is 2.21. The number of fused-ring (bicyclic) bond motifs is 4. The fourth-order valence-corrected chi connectivity index (χ4v) is 9.56. The second-order valence-electron chi connectivity index (χ2n) is 16.1. The molecule has 0 spiro atoms. The van der Waals surface area contributed by atoms with Gasteiger partial charge >= 0.3 is 5.97 Å². The molecule has 3 saturated carbocycles. The third-order valence-electron chi connectivity index (χ3n) is 11.6. The Morgan fingerprint density at radius 3 is 2.61 bits per heavy atom. The summed E-state index contributed by atoms with van der Waals surface area (Å²) in [5, 5.41) is 8.45. The highest BCUT2D eigenvalue weighted by Crippen LogP contribution is 2.61. The molecule has 9 rings (SSSR count). The minimum Gasteiger partial charge on any atom is -0.455 e. The number of para-hydroxylation sites is 1. The molecule has 0 unspecified atom stereocenters. The van der Waals surface area contributed by atoms with E-state index >= 15 is 0 Å². The molecule has 3 aromatic heterocycles. The molecule has 4 heterocycles. The highest BCUT2D eigenvalue weighted by molar-refractivity contribution is 7.22. The molecule has 9 nitrogen and oxygen atoms in total. The van der Waals surface area contributed by atoms with Gasteiger partial charge in [-0.1, -0.05) is 49.4 Å². The van der Waals surface area contributed by atoms with E-state index in [0.717, 1.165) is 63.0 Å². The van der Waals surface area contributed by atoms with E-state index in [9.17, 15) is 9.59 Å². The number of nitrogens with zero attached hydrogens (tertiary/aromatic N) is 5. The molecule has 1 N–H and O–H groups in total. The van der Waals surface area contributed by atoms with Crippen LogP contribution in [0.3, 0.4) is 0 Å². The molecule has 264 valence electrons. The topological polar surface area (TPSA) is 102 Å². The number of hydrogen-bond acceptors (Lipinski definition) is 8. The van der Waals surface area contributed by atoms with Gasteiger partial charge in [0.25, 0.3) is 5.91 Å². The maximum Gasteiger partial charge on any atom is 0.358 e. The normalized spacial score (nSPS) is 20.8. The molecular formula is C41H46N6O3S. The molecular weight excluding hydrogens is 657 g/mol. The van der Waals surface area contributed by atoms with Crippen molar-refractivity contribution in [1.29, 1.82) is 0 Å². The van der Waals surface area contributed by atoms with Gasteiger partial charge in [0.15, 0.2) is 10.8 Å². The van der Waals surface area contributed by atoms with E-state index in [0.29, 0.717) is 40.9 Å². The number of thiazole rings is 1. The Labute approximate surface area is 303 Å². The average Bonchev–Trinajstić information content (AvgIpc) is 3.68. The summed E-state index contributed by atoms with van der Waals surface area (Å²) in [7, 11) is 0. The van der Waals surface area contributed by atoms with E-state index < -0.39 is 11.6 Å². The van der Waals surface area contributed by atoms with Crippen LogP contribution in [-0.4, -0.2) is 43.8 Å². The quantitative estimate of drug-likeness (QED) is 0.169. The molecule has 2 aromatic carbocycles. The SMILES string of the molecule is Cc1c(-c2ccc(N3CCc4cccc(C(=O)Nc5nc6ccccc6s5)c4C3)nc2C(=O)OC(C)(C)C)cnn1C[C@@H]1CC[C@@H]2C[C@@H]1C2(C)C. The van der Waals surface area contributed by atoms with Gasteiger partial charge in [0.1, 0.15) is 11.4 Å². The fraction of sp³-hybridized carbons (Fsp3) is 0.439. The minimum atomic E-state index is -0.685. The van der Waals surface area contributed by atoms with E-state index in [2.05, 4.69) is 46.7 Å². The van der Waals surface area contributed by atoms with Gasteiger partial charge in [0, 0.05) is 42.0 Å². The zero-order chi connectivity index (χ0) is 35.7. The van der Waals surface area contributed by atoms with Crippen LogP contribution in [0.2, 0.25) is 0 Å². The lowest BCUT2D eigenvalue weighted by molar-refractivity contribution is -0.109. The zero-order valence-corrected chi connectivity index (χ0v) is 31.1. The lowest BCUT2D eigenvalue weighted by Gasteiger charge is -2.60. The van der Waals surface area contributed by atoms with Crippen molar-refractivity contribution in [2.24, 2.45) is 23.2 Å². The zero-order valence-electron chi connectivity index (χ0n) is 30.3. The Kier molecular flexibility index (Phi) is 8.28. The summed E-state index contributed by atoms with van der Waals surface area (Å²) >= 11 is 1.46. The maximum absolute atomic E-state index is 13.8. The standard InChI is InChI=1S/C41H46N6O3S/c1-24-30(21-42-47(24)22-26-14-15-27-20-32(26)41(27,5)6)28-16-17-35(44-36(28)38(49)50-40(2,3)4)46-19-18-25-10-9-11-29(31(25)23-46)37(48)45-39-43-33-12-7-8-13-34(33)51-39/h7-13,16-17,21,26-27,32H,14-15,18-20,22-23H2,1-6H3,(H,43,45,48)/t26-,27+,32-/m0/s1. The number of amides is 1. The van der Waals surface area contributed by atoms with Crippen LogP contribution in [0.25, 0.3) is 21.3 Å². The summed E-state index contributed by atoms with van der Waals surface area (Å²) in [6.07, 6.45) is 6.50. The summed E-state index contributed by atoms with van der Waals surface area (Å²) in [4.78, 5) is 39.2. The first-order valence-corrected chi connectivity index (χ1v) is 19.0. The lowest BCUT2D eigenvalue weighted by Crippen LogP contribution is -2.53. The predicted molar refractivity (Wildman–Crippen MR) is 202 cm³/mol. The van der Waals surface area contributed by atoms with Crippen molar-refractivity contribution in [2.45, 2.75) is 85.9 Å². The monoisotopic (exact) mass is 702 g/mol. The van der Waals surface area contributed by atoms with Gasteiger partial charge in [-0.3, -0.25) is 14.8 Å². The number of esters is 1. The van der Waals surface area contributed by atoms with Gasteiger partial charge in [-0.25, -0.2) is 14.8 Å². The predicted octanol–water partition coefficient (Wildman–Crippen LogP) is 8.71. The van der Waals surface area contributed by atoms with Gasteiger partial charge in [0.2, 0.25) is 0 Å². The molecule has 1 amide bonds. The maximum atomic E-state index is 13.8. The van der Waals surface area contributed by atoms with E-state index in [1.807, 2.05) is 75.5 Å². The van der Waals surface area contributed by atoms with Crippen LogP contribution in [0.15, 0.2) is 60.8 Å². The number of aromatic nitrogens is 4. The first-order valence-electron chi connectivity index (χ1n) is 18.2. The molecule has 51 heavy (non-hydrogen) atoms. The van der Waals surface area contributed by atoms with Gasteiger partial charge in [-0.2, -0.15) is 5.10 Å². The highest BCUT2D eigenvalue weighted by atomic mass is 32.1. The van der Waals surface area contributed by atoms with Crippen molar-refractivity contribution in [1.82, 2.24) is 19.7 Å². The number of anilines is 2. The molecule has 3 atom stereocenters. The number of hydrogen-bond donors (Lipinski definition) is 1. The Balaban J connectivity index is 1.08. The second kappa shape index (κ2) is 12.6. The number of carbonyl (C=O) groups is 2. The van der Waals surface area contributed by atoms with Crippen molar-refractivity contribution in [3.63, 3.8) is 0 Å². The largest absolute Gasteiger partial charge is 0.455 e. The van der Waals surface area contributed by atoms with Crippen LogP contribution in [0.1, 0.15) is 91.5 Å². The molecule has 1 aliphatic heterocycles. The minimum absolute atomic E-state index is 0.188. The number of benzene rings is 2. The molecule has 0 saturated heterocycles. The first-order chi connectivity index (χ1) is 24.4. The number of pyridine rings is 1. The van der Waals surface area contributed by atoms with Crippen molar-refractivity contribution >= 4 is 44.4 Å². The summed E-state index contributed by atoms with van der Waals surface area (Å²) in [6, 6.07) is 17.7. The summed E-state index contributed by atoms with van der Waals surface area (Å²) < 4.78 is 9.07. The number of rotatable bonds is 7. The van der Waals surface area contributed by atoms with Gasteiger partial charge in [-0.05, 0) is 118 Å². The Hall–Kier alpha value is -4.57. The smallest absolute Gasteiger partial charge is 0.358 e. The van der Waals surface area contributed by atoms with E-state index in [-0.39, 0.29) is 11.6 Å². The molecule has 4 aliphatic rings. The highest BCUT2D eigenvalue weighted by Gasteiger charge is 2.54. The number of ether oxygens (including phenoxy) is 1. The molecule has 10 heteroatoms. The summed E-state index contributed by atoms with van der Waals surface area (Å²) in [6.45, 7) is 14.6. The number of nitrogens with one attached hydrogen (secondary N) is 1. The third-order valence-corrected chi connectivity index (χ3v) is 12.6. The van der Waals surface area contributed by atoms with Crippen LogP contribution in [0.4, 0.5) is 10.9 Å². The van der Waals surface area contributed by atoms with Crippen LogP contribution in [0, 0.1) is 30.1 Å². The fourth-order valence-electron chi connectivity index (χ4n) is 8.70. The van der Waals surface area contributed by atoms with Gasteiger partial charge < -0.3 is 9.64 Å². The molecule has 3 aliphatic carbocycles. The van der Waals surface area contributed by atoms with Gasteiger partial charge in [0.05, 0.1) is 16.4 Å². The van der Waals surface area contributed by atoms with E-state index in [1.54, 1.807) is 0 Å². The lowest BCUT2D eigenvalue weighted by atomic mass is 9.45. The van der Waals surface area contributed by atoms with Crippen LogP contribution >= 0.6 is 11.3 Å². The van der Waals surface area contributed by atoms with E-state index in [4.69, 9.17) is 14.8 Å². The Morgan fingerprint density at radius 1 is 1.02 bits per heavy atom. The van der Waals surface area contributed by atoms with Gasteiger partial charge in [-0.15, -0.1) is 0 Å². The van der Waals surface area contributed by atoms with Crippen molar-refractivity contribution < 1.29 is 14.3 Å². The second-order valence-corrected chi connectivity index (χ2v) is 17.2. The van der Waals surface area contributed by atoms with Crippen LogP contribution in [0.5, 0.6) is 0 Å². The number of carbonyl (C=O) groups excluding carboxylic acids is 2. The average molecular weight is 703 g/mol. The third kappa shape index (κ3) is 6.21. The van der Waals surface area contributed by atoms with Crippen molar-refractivity contribution in [2.75, 3.05) is 16.8 Å². The Morgan fingerprint density at radius 2 is 1.84 bits per heavy atom. The molecule has 2 bridgehead atoms.